The highest BCUT2D eigenvalue weighted by atomic mass is 19.1. The maximum Gasteiger partial charge on any atom is 0.125 e. The van der Waals surface area contributed by atoms with E-state index < -0.39 is 0 Å². The lowest BCUT2D eigenvalue weighted by Crippen LogP contribution is -2.10. The molecule has 0 aliphatic carbocycles. The minimum absolute atomic E-state index is 0.211. The summed E-state index contributed by atoms with van der Waals surface area (Å²) in [6, 6.07) is 4.74. The van der Waals surface area contributed by atoms with Crippen LogP contribution < -0.4 is 5.32 Å². The van der Waals surface area contributed by atoms with Gasteiger partial charge in [-0.2, -0.15) is 0 Å². The molecule has 0 fully saturated rings. The third-order valence-electron chi connectivity index (χ3n) is 2.11. The van der Waals surface area contributed by atoms with Crippen molar-refractivity contribution in [2.75, 3.05) is 25.1 Å². The number of hydrogen-bond donors (Lipinski definition) is 1. The maximum atomic E-state index is 12.9. The Morgan fingerprint density at radius 1 is 1.33 bits per heavy atom. The predicted molar refractivity (Wildman–Crippen MR) is 60.7 cm³/mol. The van der Waals surface area contributed by atoms with Crippen LogP contribution in [-0.4, -0.2) is 19.8 Å². The summed E-state index contributed by atoms with van der Waals surface area (Å²) in [4.78, 5) is 0. The minimum Gasteiger partial charge on any atom is -0.382 e. The first-order chi connectivity index (χ1) is 7.24. The van der Waals surface area contributed by atoms with Crippen molar-refractivity contribution >= 4 is 5.69 Å². The van der Waals surface area contributed by atoms with Crippen LogP contribution in [0.3, 0.4) is 0 Å². The molecule has 84 valence electrons. The van der Waals surface area contributed by atoms with Crippen LogP contribution in [0.4, 0.5) is 10.1 Å². The Bertz CT molecular complexity index is 302. The first-order valence-corrected chi connectivity index (χ1v) is 5.32. The number of benzene rings is 1. The molecule has 0 amide bonds. The summed E-state index contributed by atoms with van der Waals surface area (Å²) in [5.74, 6) is -0.211. The molecule has 1 aromatic carbocycles. The molecule has 15 heavy (non-hydrogen) atoms. The number of nitrogens with one attached hydrogen (secondary N) is 1. The SMILES string of the molecule is CCCOCCNc1cc(F)ccc1C. The molecule has 0 radical (unpaired) electrons. The quantitative estimate of drug-likeness (QED) is 0.730. The highest BCUT2D eigenvalue weighted by Crippen LogP contribution is 2.15. The Hall–Kier alpha value is -1.09. The Labute approximate surface area is 90.4 Å². The number of aryl methyl sites for hydroxylation is 1. The zero-order chi connectivity index (χ0) is 11.1. The van der Waals surface area contributed by atoms with E-state index >= 15 is 0 Å². The van der Waals surface area contributed by atoms with Gasteiger partial charge >= 0.3 is 0 Å². The van der Waals surface area contributed by atoms with Crippen molar-refractivity contribution in [3.05, 3.63) is 29.6 Å². The zero-order valence-corrected chi connectivity index (χ0v) is 9.35. The van der Waals surface area contributed by atoms with Gasteiger partial charge in [0.1, 0.15) is 5.82 Å². The van der Waals surface area contributed by atoms with E-state index in [1.807, 2.05) is 6.92 Å². The van der Waals surface area contributed by atoms with E-state index in [0.717, 1.165) is 24.3 Å². The van der Waals surface area contributed by atoms with Gasteiger partial charge in [-0.1, -0.05) is 13.0 Å². The van der Waals surface area contributed by atoms with E-state index in [9.17, 15) is 4.39 Å². The van der Waals surface area contributed by atoms with Crippen molar-refractivity contribution in [2.24, 2.45) is 0 Å². The molecule has 0 saturated carbocycles. The van der Waals surface area contributed by atoms with Gasteiger partial charge in [0.05, 0.1) is 6.61 Å². The Morgan fingerprint density at radius 3 is 2.87 bits per heavy atom. The van der Waals surface area contributed by atoms with Crippen molar-refractivity contribution in [2.45, 2.75) is 20.3 Å². The first-order valence-electron chi connectivity index (χ1n) is 5.32. The third kappa shape index (κ3) is 4.30. The minimum atomic E-state index is -0.211. The summed E-state index contributed by atoms with van der Waals surface area (Å²) in [6.45, 7) is 6.18. The van der Waals surface area contributed by atoms with E-state index in [0.29, 0.717) is 13.2 Å². The predicted octanol–water partition coefficient (Wildman–Crippen LogP) is 2.97. The Balaban J connectivity index is 2.33. The lowest BCUT2D eigenvalue weighted by atomic mass is 10.2. The van der Waals surface area contributed by atoms with Crippen LogP contribution in [0.1, 0.15) is 18.9 Å². The largest absolute Gasteiger partial charge is 0.382 e. The molecule has 2 nitrogen and oxygen atoms in total. The van der Waals surface area contributed by atoms with Crippen molar-refractivity contribution in [1.82, 2.24) is 0 Å². The second-order valence-corrected chi connectivity index (χ2v) is 3.50. The van der Waals surface area contributed by atoms with E-state index in [-0.39, 0.29) is 5.82 Å². The van der Waals surface area contributed by atoms with Gasteiger partial charge in [0.25, 0.3) is 0 Å². The maximum absolute atomic E-state index is 12.9. The lowest BCUT2D eigenvalue weighted by Gasteiger charge is -2.09. The van der Waals surface area contributed by atoms with Gasteiger partial charge in [-0.25, -0.2) is 4.39 Å². The molecule has 0 aromatic heterocycles. The average molecular weight is 211 g/mol. The summed E-state index contributed by atoms with van der Waals surface area (Å²) in [7, 11) is 0. The average Bonchev–Trinajstić information content (AvgIpc) is 2.23. The molecule has 1 rings (SSSR count). The number of ether oxygens (including phenoxy) is 1. The van der Waals surface area contributed by atoms with Crippen LogP contribution >= 0.6 is 0 Å². The van der Waals surface area contributed by atoms with Crippen LogP contribution in [0.5, 0.6) is 0 Å². The Kier molecular flexibility index (Phi) is 5.12. The smallest absolute Gasteiger partial charge is 0.125 e. The zero-order valence-electron chi connectivity index (χ0n) is 9.35. The van der Waals surface area contributed by atoms with Gasteiger partial charge in [0, 0.05) is 18.8 Å². The summed E-state index contributed by atoms with van der Waals surface area (Å²) in [6.07, 6.45) is 1.03. The fourth-order valence-corrected chi connectivity index (χ4v) is 1.29. The second-order valence-electron chi connectivity index (χ2n) is 3.50. The van der Waals surface area contributed by atoms with Gasteiger partial charge in [0.2, 0.25) is 0 Å². The normalized spacial score (nSPS) is 10.3. The number of rotatable bonds is 6. The van der Waals surface area contributed by atoms with Crippen molar-refractivity contribution in [3.8, 4) is 0 Å². The molecule has 0 aliphatic heterocycles. The number of halogens is 1. The molecular weight excluding hydrogens is 193 g/mol. The highest BCUT2D eigenvalue weighted by molar-refractivity contribution is 5.50. The van der Waals surface area contributed by atoms with Crippen molar-refractivity contribution in [1.29, 1.82) is 0 Å². The van der Waals surface area contributed by atoms with E-state index in [4.69, 9.17) is 4.74 Å². The molecule has 0 aliphatic rings. The lowest BCUT2D eigenvalue weighted by molar-refractivity contribution is 0.144. The van der Waals surface area contributed by atoms with Gasteiger partial charge in [-0.15, -0.1) is 0 Å². The molecule has 3 heteroatoms. The molecule has 0 bridgehead atoms. The summed E-state index contributed by atoms with van der Waals surface area (Å²) in [5, 5.41) is 3.15. The van der Waals surface area contributed by atoms with E-state index in [1.165, 1.54) is 12.1 Å². The molecule has 1 N–H and O–H groups in total. The molecule has 0 saturated heterocycles. The third-order valence-corrected chi connectivity index (χ3v) is 2.11. The van der Waals surface area contributed by atoms with Crippen molar-refractivity contribution in [3.63, 3.8) is 0 Å². The van der Waals surface area contributed by atoms with E-state index in [2.05, 4.69) is 12.2 Å². The molecule has 1 aromatic rings. The van der Waals surface area contributed by atoms with Crippen LogP contribution in [0, 0.1) is 12.7 Å². The van der Waals surface area contributed by atoms with Gasteiger partial charge < -0.3 is 10.1 Å². The Morgan fingerprint density at radius 2 is 2.13 bits per heavy atom. The standard InChI is InChI=1S/C12H18FNO/c1-3-7-15-8-6-14-12-9-11(13)5-4-10(12)2/h4-5,9,14H,3,6-8H2,1-2H3. The van der Waals surface area contributed by atoms with E-state index in [1.54, 1.807) is 6.07 Å². The van der Waals surface area contributed by atoms with Gasteiger partial charge in [-0.3, -0.25) is 0 Å². The molecule has 0 atom stereocenters. The fourth-order valence-electron chi connectivity index (χ4n) is 1.29. The van der Waals surface area contributed by atoms with Gasteiger partial charge in [0.15, 0.2) is 0 Å². The molecule has 0 spiro atoms. The molecule has 0 heterocycles. The summed E-state index contributed by atoms with van der Waals surface area (Å²) >= 11 is 0. The monoisotopic (exact) mass is 211 g/mol. The van der Waals surface area contributed by atoms with Gasteiger partial charge in [-0.05, 0) is 31.0 Å². The molecular formula is C12H18FNO. The summed E-state index contributed by atoms with van der Waals surface area (Å²) < 4.78 is 18.2. The topological polar surface area (TPSA) is 21.3 Å². The van der Waals surface area contributed by atoms with Crippen molar-refractivity contribution < 1.29 is 9.13 Å². The molecule has 0 unspecified atom stereocenters. The second kappa shape index (κ2) is 6.40. The summed E-state index contributed by atoms with van der Waals surface area (Å²) in [5.41, 5.74) is 1.89. The highest BCUT2D eigenvalue weighted by Gasteiger charge is 1.98. The number of anilines is 1. The van der Waals surface area contributed by atoms with Crippen LogP contribution in [0.25, 0.3) is 0 Å². The fraction of sp³-hybridized carbons (Fsp3) is 0.500. The van der Waals surface area contributed by atoms with Crippen LogP contribution in [-0.2, 0) is 4.74 Å². The number of hydrogen-bond acceptors (Lipinski definition) is 2. The van der Waals surface area contributed by atoms with Crippen LogP contribution in [0.15, 0.2) is 18.2 Å². The first kappa shape index (κ1) is 12.0. The van der Waals surface area contributed by atoms with Crippen LogP contribution in [0.2, 0.25) is 0 Å².